The molecular formula is C21H20FN3O2. The van der Waals surface area contributed by atoms with Gasteiger partial charge in [0, 0.05) is 18.2 Å². The molecule has 0 saturated carbocycles. The number of rotatable bonds is 5. The van der Waals surface area contributed by atoms with Crippen LogP contribution in [0.4, 0.5) is 4.39 Å². The summed E-state index contributed by atoms with van der Waals surface area (Å²) in [6.07, 6.45) is 0. The molecule has 1 N–H and O–H groups in total. The summed E-state index contributed by atoms with van der Waals surface area (Å²) in [5.74, 6) is -0.669. The van der Waals surface area contributed by atoms with Gasteiger partial charge in [0.25, 0.3) is 5.56 Å². The fourth-order valence-electron chi connectivity index (χ4n) is 2.63. The van der Waals surface area contributed by atoms with Gasteiger partial charge in [-0.2, -0.15) is 5.10 Å². The highest BCUT2D eigenvalue weighted by atomic mass is 19.1. The largest absolute Gasteiger partial charge is 0.350 e. The SMILES string of the molecule is Cc1ccc(-c2ccc(=O)n(C(C)C(=O)NCc3ccc(F)cc3)n2)cc1. The van der Waals surface area contributed by atoms with Crippen molar-refractivity contribution in [2.24, 2.45) is 0 Å². The Morgan fingerprint density at radius 3 is 2.41 bits per heavy atom. The van der Waals surface area contributed by atoms with Gasteiger partial charge in [-0.05, 0) is 37.6 Å². The molecular weight excluding hydrogens is 345 g/mol. The summed E-state index contributed by atoms with van der Waals surface area (Å²) >= 11 is 0. The summed E-state index contributed by atoms with van der Waals surface area (Å²) in [6.45, 7) is 3.86. The molecule has 1 atom stereocenters. The summed E-state index contributed by atoms with van der Waals surface area (Å²) in [7, 11) is 0. The average Bonchev–Trinajstić information content (AvgIpc) is 2.68. The maximum atomic E-state index is 12.9. The molecule has 1 unspecified atom stereocenters. The van der Waals surface area contributed by atoms with Gasteiger partial charge in [-0.3, -0.25) is 9.59 Å². The van der Waals surface area contributed by atoms with Gasteiger partial charge in [0.15, 0.2) is 0 Å². The first-order valence-electron chi connectivity index (χ1n) is 8.63. The molecule has 2 aromatic carbocycles. The van der Waals surface area contributed by atoms with Gasteiger partial charge in [-0.25, -0.2) is 9.07 Å². The Hall–Kier alpha value is -3.28. The second-order valence-electron chi connectivity index (χ2n) is 6.39. The molecule has 1 amide bonds. The molecule has 3 rings (SSSR count). The number of amides is 1. The van der Waals surface area contributed by atoms with Crippen LogP contribution in [0.3, 0.4) is 0 Å². The van der Waals surface area contributed by atoms with E-state index in [0.29, 0.717) is 5.69 Å². The molecule has 1 heterocycles. The summed E-state index contributed by atoms with van der Waals surface area (Å²) in [5, 5.41) is 7.10. The second-order valence-corrected chi connectivity index (χ2v) is 6.39. The molecule has 0 aliphatic rings. The number of nitrogens with one attached hydrogen (secondary N) is 1. The number of benzene rings is 2. The summed E-state index contributed by atoms with van der Waals surface area (Å²) in [5.41, 5.74) is 3.03. The van der Waals surface area contributed by atoms with E-state index in [1.54, 1.807) is 25.1 Å². The van der Waals surface area contributed by atoms with Crippen molar-refractivity contribution in [2.75, 3.05) is 0 Å². The van der Waals surface area contributed by atoms with Crippen LogP contribution in [0, 0.1) is 12.7 Å². The van der Waals surface area contributed by atoms with Crippen molar-refractivity contribution in [1.82, 2.24) is 15.1 Å². The minimum Gasteiger partial charge on any atom is -0.350 e. The lowest BCUT2D eigenvalue weighted by atomic mass is 10.1. The topological polar surface area (TPSA) is 64.0 Å². The smallest absolute Gasteiger partial charge is 0.267 e. The number of hydrogen-bond donors (Lipinski definition) is 1. The van der Waals surface area contributed by atoms with Gasteiger partial charge in [0.05, 0.1) is 5.69 Å². The van der Waals surface area contributed by atoms with Gasteiger partial charge in [0.2, 0.25) is 5.91 Å². The Labute approximate surface area is 156 Å². The predicted octanol–water partition coefficient (Wildman–Crippen LogP) is 3.24. The Morgan fingerprint density at radius 2 is 1.74 bits per heavy atom. The number of carbonyl (C=O) groups is 1. The van der Waals surface area contributed by atoms with Crippen molar-refractivity contribution in [1.29, 1.82) is 0 Å². The Morgan fingerprint density at radius 1 is 1.07 bits per heavy atom. The third kappa shape index (κ3) is 4.47. The van der Waals surface area contributed by atoms with Crippen LogP contribution >= 0.6 is 0 Å². The molecule has 138 valence electrons. The van der Waals surface area contributed by atoms with E-state index in [0.717, 1.165) is 16.7 Å². The third-order valence-electron chi connectivity index (χ3n) is 4.30. The first-order valence-corrected chi connectivity index (χ1v) is 8.63. The highest BCUT2D eigenvalue weighted by molar-refractivity contribution is 5.79. The van der Waals surface area contributed by atoms with Crippen LogP contribution in [-0.2, 0) is 11.3 Å². The van der Waals surface area contributed by atoms with Crippen LogP contribution < -0.4 is 10.9 Å². The number of carbonyl (C=O) groups excluding carboxylic acids is 1. The first-order chi connectivity index (χ1) is 12.9. The lowest BCUT2D eigenvalue weighted by Gasteiger charge is -2.15. The lowest BCUT2D eigenvalue weighted by Crippen LogP contribution is -2.36. The first kappa shape index (κ1) is 18.5. The zero-order chi connectivity index (χ0) is 19.4. The quantitative estimate of drug-likeness (QED) is 0.755. The van der Waals surface area contributed by atoms with Crippen LogP contribution in [0.1, 0.15) is 24.1 Å². The maximum Gasteiger partial charge on any atom is 0.267 e. The van der Waals surface area contributed by atoms with E-state index >= 15 is 0 Å². The Balaban J connectivity index is 1.76. The molecule has 0 spiro atoms. The average molecular weight is 365 g/mol. The van der Waals surface area contributed by atoms with Crippen LogP contribution in [0.5, 0.6) is 0 Å². The molecule has 1 aromatic heterocycles. The standard InChI is InChI=1S/C21H20FN3O2/c1-14-3-7-17(8-4-14)19-11-12-20(26)25(24-19)15(2)21(27)23-13-16-5-9-18(22)10-6-16/h3-12,15H,13H2,1-2H3,(H,23,27). The number of aromatic nitrogens is 2. The van der Waals surface area contributed by atoms with Crippen molar-refractivity contribution < 1.29 is 9.18 Å². The molecule has 3 aromatic rings. The monoisotopic (exact) mass is 365 g/mol. The van der Waals surface area contributed by atoms with E-state index in [2.05, 4.69) is 10.4 Å². The molecule has 0 aliphatic carbocycles. The predicted molar refractivity (Wildman–Crippen MR) is 102 cm³/mol. The zero-order valence-electron chi connectivity index (χ0n) is 15.1. The van der Waals surface area contributed by atoms with Crippen molar-refractivity contribution in [3.05, 3.63) is 88.0 Å². The Kier molecular flexibility index (Phi) is 5.45. The molecule has 0 radical (unpaired) electrons. The van der Waals surface area contributed by atoms with Crippen molar-refractivity contribution in [3.8, 4) is 11.3 Å². The summed E-state index contributed by atoms with van der Waals surface area (Å²) < 4.78 is 14.1. The van der Waals surface area contributed by atoms with E-state index in [1.807, 2.05) is 31.2 Å². The minimum atomic E-state index is -0.775. The van der Waals surface area contributed by atoms with Gasteiger partial charge in [-0.15, -0.1) is 0 Å². The number of hydrogen-bond acceptors (Lipinski definition) is 3. The van der Waals surface area contributed by atoms with E-state index < -0.39 is 6.04 Å². The van der Waals surface area contributed by atoms with E-state index in [4.69, 9.17) is 0 Å². The molecule has 0 bridgehead atoms. The van der Waals surface area contributed by atoms with Gasteiger partial charge >= 0.3 is 0 Å². The number of nitrogens with zero attached hydrogens (tertiary/aromatic N) is 2. The second kappa shape index (κ2) is 7.95. The molecule has 0 saturated heterocycles. The molecule has 0 fully saturated rings. The molecule has 27 heavy (non-hydrogen) atoms. The normalized spacial score (nSPS) is 11.8. The lowest BCUT2D eigenvalue weighted by molar-refractivity contribution is -0.124. The number of halogens is 1. The van der Waals surface area contributed by atoms with Crippen LogP contribution in [-0.4, -0.2) is 15.7 Å². The maximum absolute atomic E-state index is 12.9. The molecule has 0 aliphatic heterocycles. The molecule has 5 nitrogen and oxygen atoms in total. The van der Waals surface area contributed by atoms with E-state index in [-0.39, 0.29) is 23.8 Å². The van der Waals surface area contributed by atoms with Gasteiger partial charge in [0.1, 0.15) is 11.9 Å². The highest BCUT2D eigenvalue weighted by Crippen LogP contribution is 2.16. The van der Waals surface area contributed by atoms with Crippen LogP contribution in [0.2, 0.25) is 0 Å². The van der Waals surface area contributed by atoms with Crippen molar-refractivity contribution in [2.45, 2.75) is 26.4 Å². The zero-order valence-corrected chi connectivity index (χ0v) is 15.1. The van der Waals surface area contributed by atoms with Crippen LogP contribution in [0.25, 0.3) is 11.3 Å². The minimum absolute atomic E-state index is 0.246. The highest BCUT2D eigenvalue weighted by Gasteiger charge is 2.17. The number of aryl methyl sites for hydroxylation is 1. The molecule has 6 heteroatoms. The van der Waals surface area contributed by atoms with E-state index in [9.17, 15) is 14.0 Å². The summed E-state index contributed by atoms with van der Waals surface area (Å²) in [4.78, 5) is 24.6. The van der Waals surface area contributed by atoms with Crippen LogP contribution in [0.15, 0.2) is 65.5 Å². The Bertz CT molecular complexity index is 995. The fraction of sp³-hybridized carbons (Fsp3) is 0.190. The van der Waals surface area contributed by atoms with Crippen molar-refractivity contribution >= 4 is 5.91 Å². The summed E-state index contributed by atoms with van der Waals surface area (Å²) in [6, 6.07) is 15.9. The van der Waals surface area contributed by atoms with Gasteiger partial charge in [-0.1, -0.05) is 42.0 Å². The van der Waals surface area contributed by atoms with Crippen molar-refractivity contribution in [3.63, 3.8) is 0 Å². The van der Waals surface area contributed by atoms with E-state index in [1.165, 1.54) is 22.9 Å². The fourth-order valence-corrected chi connectivity index (χ4v) is 2.63. The third-order valence-corrected chi connectivity index (χ3v) is 4.30. The van der Waals surface area contributed by atoms with Gasteiger partial charge < -0.3 is 5.32 Å².